The topological polar surface area (TPSA) is 59.9 Å². The molecule has 0 saturated heterocycles. The molecule has 4 rings (SSSR count). The molecule has 0 saturated carbocycles. The summed E-state index contributed by atoms with van der Waals surface area (Å²) in [5.74, 6) is 1.44. The maximum atomic E-state index is 5.63. The number of benzene rings is 2. The van der Waals surface area contributed by atoms with E-state index in [0.717, 1.165) is 22.3 Å². The molecular formula is C15H12N4O. The molecule has 0 spiro atoms. The van der Waals surface area contributed by atoms with E-state index < -0.39 is 0 Å². The third-order valence-corrected chi connectivity index (χ3v) is 3.36. The van der Waals surface area contributed by atoms with Crippen LogP contribution in [0.3, 0.4) is 0 Å². The molecule has 0 amide bonds. The van der Waals surface area contributed by atoms with Crippen molar-refractivity contribution in [3.05, 3.63) is 54.1 Å². The van der Waals surface area contributed by atoms with Crippen molar-refractivity contribution < 1.29 is 4.74 Å². The molecule has 1 aliphatic rings. The Labute approximate surface area is 115 Å². The monoisotopic (exact) mass is 264 g/mol. The molecule has 1 atom stereocenters. The van der Waals surface area contributed by atoms with Crippen molar-refractivity contribution in [2.24, 2.45) is 0 Å². The fraction of sp³-hybridized carbons (Fsp3) is 0.133. The number of ether oxygens (including phenoxy) is 1. The number of hydrogen-bond acceptors (Lipinski definition) is 5. The molecule has 1 aliphatic heterocycles. The maximum absolute atomic E-state index is 5.63. The molecular weight excluding hydrogens is 252 g/mol. The molecule has 1 aromatic heterocycles. The Bertz CT molecular complexity index is 774. The van der Waals surface area contributed by atoms with E-state index in [1.165, 1.54) is 0 Å². The lowest BCUT2D eigenvalue weighted by Crippen LogP contribution is -2.14. The van der Waals surface area contributed by atoms with Crippen LogP contribution in [0.25, 0.3) is 11.0 Å². The Balaban J connectivity index is 1.65. The van der Waals surface area contributed by atoms with E-state index in [9.17, 15) is 0 Å². The van der Waals surface area contributed by atoms with Crippen LogP contribution in [0.5, 0.6) is 5.75 Å². The predicted molar refractivity (Wildman–Crippen MR) is 75.6 cm³/mol. The smallest absolute Gasteiger partial charge is 0.243 e. The number of anilines is 1. The summed E-state index contributed by atoms with van der Waals surface area (Å²) in [6.45, 7) is 0.579. The van der Waals surface area contributed by atoms with Crippen LogP contribution in [0.4, 0.5) is 5.95 Å². The summed E-state index contributed by atoms with van der Waals surface area (Å²) in [7, 11) is 0. The number of hydrogen-bond donors (Lipinski definition) is 1. The van der Waals surface area contributed by atoms with E-state index in [4.69, 9.17) is 4.74 Å². The van der Waals surface area contributed by atoms with Gasteiger partial charge >= 0.3 is 0 Å². The number of rotatable bonds is 2. The fourth-order valence-corrected chi connectivity index (χ4v) is 2.38. The highest BCUT2D eigenvalue weighted by atomic mass is 16.5. The number of para-hydroxylation sites is 2. The molecule has 0 fully saturated rings. The zero-order valence-electron chi connectivity index (χ0n) is 10.7. The Morgan fingerprint density at radius 1 is 0.950 bits per heavy atom. The van der Waals surface area contributed by atoms with Crippen molar-refractivity contribution >= 4 is 17.0 Å². The molecule has 2 aromatic carbocycles. The van der Waals surface area contributed by atoms with Gasteiger partial charge in [0.1, 0.15) is 17.9 Å². The van der Waals surface area contributed by atoms with E-state index in [1.54, 1.807) is 0 Å². The minimum atomic E-state index is 0.0640. The van der Waals surface area contributed by atoms with Crippen LogP contribution in [0.15, 0.2) is 48.5 Å². The van der Waals surface area contributed by atoms with Crippen LogP contribution in [0, 0.1) is 0 Å². The van der Waals surface area contributed by atoms with Gasteiger partial charge in [-0.3, -0.25) is 0 Å². The van der Waals surface area contributed by atoms with Crippen LogP contribution >= 0.6 is 0 Å². The van der Waals surface area contributed by atoms with Crippen molar-refractivity contribution in [2.45, 2.75) is 6.04 Å². The molecule has 5 nitrogen and oxygen atoms in total. The maximum Gasteiger partial charge on any atom is 0.243 e. The van der Waals surface area contributed by atoms with Gasteiger partial charge in [-0.15, -0.1) is 10.2 Å². The van der Waals surface area contributed by atoms with Crippen molar-refractivity contribution in [3.8, 4) is 5.75 Å². The Kier molecular flexibility index (Phi) is 2.48. The molecule has 5 heteroatoms. The van der Waals surface area contributed by atoms with E-state index in [-0.39, 0.29) is 6.04 Å². The Hall–Kier alpha value is -2.69. The van der Waals surface area contributed by atoms with Gasteiger partial charge in [0, 0.05) is 5.56 Å². The van der Waals surface area contributed by atoms with Gasteiger partial charge in [0.15, 0.2) is 0 Å². The van der Waals surface area contributed by atoms with Crippen LogP contribution in [-0.2, 0) is 0 Å². The highest BCUT2D eigenvalue weighted by molar-refractivity contribution is 5.74. The lowest BCUT2D eigenvalue weighted by molar-refractivity contribution is 0.339. The van der Waals surface area contributed by atoms with Crippen LogP contribution < -0.4 is 10.1 Å². The van der Waals surface area contributed by atoms with Gasteiger partial charge in [-0.2, -0.15) is 0 Å². The summed E-state index contributed by atoms with van der Waals surface area (Å²) in [6.07, 6.45) is 0. The van der Waals surface area contributed by atoms with Crippen LogP contribution in [-0.4, -0.2) is 21.8 Å². The van der Waals surface area contributed by atoms with Gasteiger partial charge in [-0.25, -0.2) is 4.98 Å². The highest BCUT2D eigenvalue weighted by Crippen LogP contribution is 2.33. The Morgan fingerprint density at radius 3 is 2.70 bits per heavy atom. The molecule has 0 radical (unpaired) electrons. The second kappa shape index (κ2) is 4.45. The lowest BCUT2D eigenvalue weighted by atomic mass is 10.1. The van der Waals surface area contributed by atoms with Crippen LogP contribution in [0.1, 0.15) is 11.6 Å². The standard InChI is InChI=1S/C15H12N4O/c1-4-8-14-10(5-1)13(9-20-14)17-15-16-11-6-2-3-7-12(11)18-19-15/h1-8,13H,9H2,(H,16,17,19). The molecule has 3 aromatic rings. The first-order valence-corrected chi connectivity index (χ1v) is 6.48. The summed E-state index contributed by atoms with van der Waals surface area (Å²) < 4.78 is 5.63. The van der Waals surface area contributed by atoms with Crippen molar-refractivity contribution in [2.75, 3.05) is 11.9 Å². The van der Waals surface area contributed by atoms with Gasteiger partial charge in [-0.05, 0) is 18.2 Å². The first-order chi connectivity index (χ1) is 9.90. The van der Waals surface area contributed by atoms with Crippen LogP contribution in [0.2, 0.25) is 0 Å². The van der Waals surface area contributed by atoms with Crippen molar-refractivity contribution in [3.63, 3.8) is 0 Å². The zero-order chi connectivity index (χ0) is 13.4. The number of fused-ring (bicyclic) bond motifs is 2. The third-order valence-electron chi connectivity index (χ3n) is 3.36. The van der Waals surface area contributed by atoms with Crippen molar-refractivity contribution in [1.82, 2.24) is 15.2 Å². The second-order valence-corrected chi connectivity index (χ2v) is 4.67. The normalized spacial score (nSPS) is 16.7. The van der Waals surface area contributed by atoms with E-state index >= 15 is 0 Å². The summed E-state index contributed by atoms with van der Waals surface area (Å²) in [4.78, 5) is 4.47. The van der Waals surface area contributed by atoms with E-state index in [2.05, 4.69) is 26.6 Å². The highest BCUT2D eigenvalue weighted by Gasteiger charge is 2.24. The first-order valence-electron chi connectivity index (χ1n) is 6.48. The van der Waals surface area contributed by atoms with Gasteiger partial charge in [0.2, 0.25) is 5.95 Å². The van der Waals surface area contributed by atoms with Gasteiger partial charge in [0.05, 0.1) is 11.6 Å². The average Bonchev–Trinajstić information content (AvgIpc) is 2.91. The fourth-order valence-electron chi connectivity index (χ4n) is 2.38. The second-order valence-electron chi connectivity index (χ2n) is 4.67. The van der Waals surface area contributed by atoms with E-state index in [0.29, 0.717) is 12.6 Å². The minimum Gasteiger partial charge on any atom is -0.491 e. The minimum absolute atomic E-state index is 0.0640. The van der Waals surface area contributed by atoms with Gasteiger partial charge < -0.3 is 10.1 Å². The number of nitrogens with zero attached hydrogens (tertiary/aromatic N) is 3. The number of aromatic nitrogens is 3. The summed E-state index contributed by atoms with van der Waals surface area (Å²) >= 11 is 0. The SMILES string of the molecule is c1ccc2c(c1)OCC2Nc1nnc2ccccc2n1. The van der Waals surface area contributed by atoms with Crippen molar-refractivity contribution in [1.29, 1.82) is 0 Å². The molecule has 98 valence electrons. The molecule has 2 heterocycles. The largest absolute Gasteiger partial charge is 0.491 e. The first kappa shape index (κ1) is 11.2. The molecule has 0 bridgehead atoms. The lowest BCUT2D eigenvalue weighted by Gasteiger charge is -2.11. The van der Waals surface area contributed by atoms with Gasteiger partial charge in [-0.1, -0.05) is 30.3 Å². The Morgan fingerprint density at radius 2 is 1.75 bits per heavy atom. The van der Waals surface area contributed by atoms with Gasteiger partial charge in [0.25, 0.3) is 0 Å². The predicted octanol–water partition coefficient (Wildman–Crippen LogP) is 2.57. The summed E-state index contributed by atoms with van der Waals surface area (Å²) in [5, 5.41) is 11.6. The summed E-state index contributed by atoms with van der Waals surface area (Å²) in [6, 6.07) is 15.7. The summed E-state index contributed by atoms with van der Waals surface area (Å²) in [5.41, 5.74) is 2.75. The molecule has 1 unspecified atom stereocenters. The third kappa shape index (κ3) is 1.84. The zero-order valence-corrected chi connectivity index (χ0v) is 10.7. The molecule has 1 N–H and O–H groups in total. The molecule has 0 aliphatic carbocycles. The quantitative estimate of drug-likeness (QED) is 0.770. The average molecular weight is 264 g/mol. The number of nitrogens with one attached hydrogen (secondary N) is 1. The van der Waals surface area contributed by atoms with E-state index in [1.807, 2.05) is 42.5 Å². The molecule has 20 heavy (non-hydrogen) atoms.